The van der Waals surface area contributed by atoms with Gasteiger partial charge in [-0.3, -0.25) is 4.79 Å². The highest BCUT2D eigenvalue weighted by atomic mass is 16.4. The summed E-state index contributed by atoms with van der Waals surface area (Å²) in [5, 5.41) is 20.0. The lowest BCUT2D eigenvalue weighted by molar-refractivity contribution is -0.171. The number of aryl methyl sites for hydroxylation is 1. The minimum absolute atomic E-state index is 0.00819. The van der Waals surface area contributed by atoms with Gasteiger partial charge in [0.05, 0.1) is 11.5 Å². The third kappa shape index (κ3) is 1.59. The molecule has 3 nitrogen and oxygen atoms in total. The van der Waals surface area contributed by atoms with Crippen LogP contribution in [0.5, 0.6) is 0 Å². The number of hydrogen-bond acceptors (Lipinski definition) is 2. The van der Waals surface area contributed by atoms with Gasteiger partial charge in [-0.2, -0.15) is 0 Å². The van der Waals surface area contributed by atoms with Crippen molar-refractivity contribution >= 4 is 5.97 Å². The molecular formula is C17H22O3. The Morgan fingerprint density at radius 3 is 2.65 bits per heavy atom. The van der Waals surface area contributed by atoms with E-state index in [1.165, 1.54) is 11.1 Å². The van der Waals surface area contributed by atoms with E-state index < -0.39 is 17.5 Å². The second kappa shape index (κ2) is 4.32. The zero-order chi connectivity index (χ0) is 14.5. The molecule has 1 aromatic carbocycles. The maximum absolute atomic E-state index is 11.8. The Hall–Kier alpha value is -1.35. The van der Waals surface area contributed by atoms with Crippen molar-refractivity contribution in [2.75, 3.05) is 0 Å². The lowest BCUT2D eigenvalue weighted by Crippen LogP contribution is -2.58. The van der Waals surface area contributed by atoms with Crippen LogP contribution >= 0.6 is 0 Å². The second-order valence-electron chi connectivity index (χ2n) is 6.81. The fourth-order valence-corrected chi connectivity index (χ4v) is 4.63. The van der Waals surface area contributed by atoms with Crippen molar-refractivity contribution < 1.29 is 15.0 Å². The van der Waals surface area contributed by atoms with Gasteiger partial charge in [0.2, 0.25) is 0 Å². The van der Waals surface area contributed by atoms with Gasteiger partial charge >= 0.3 is 5.97 Å². The second-order valence-corrected chi connectivity index (χ2v) is 6.81. The molecule has 0 aromatic heterocycles. The number of aliphatic carboxylic acids is 1. The summed E-state index contributed by atoms with van der Waals surface area (Å²) in [6.45, 7) is 3.92. The smallest absolute Gasteiger partial charge is 0.312 e. The van der Waals surface area contributed by atoms with Crippen LogP contribution in [0.1, 0.15) is 44.2 Å². The molecule has 4 atom stereocenters. The van der Waals surface area contributed by atoms with Gasteiger partial charge in [-0.1, -0.05) is 31.2 Å². The molecule has 0 spiro atoms. The highest BCUT2D eigenvalue weighted by Gasteiger charge is 2.59. The molecule has 0 saturated heterocycles. The molecule has 0 amide bonds. The van der Waals surface area contributed by atoms with Crippen LogP contribution in [0.3, 0.4) is 0 Å². The summed E-state index contributed by atoms with van der Waals surface area (Å²) in [6, 6.07) is 8.38. The van der Waals surface area contributed by atoms with E-state index in [9.17, 15) is 15.0 Å². The van der Waals surface area contributed by atoms with Crippen LogP contribution in [-0.2, 0) is 16.6 Å². The van der Waals surface area contributed by atoms with E-state index in [4.69, 9.17) is 0 Å². The predicted molar refractivity (Wildman–Crippen MR) is 76.6 cm³/mol. The first-order valence-electron chi connectivity index (χ1n) is 7.40. The average Bonchev–Trinajstić information content (AvgIpc) is 2.43. The monoisotopic (exact) mass is 274 g/mol. The number of rotatable bonds is 1. The Balaban J connectivity index is 2.14. The Kier molecular flexibility index (Phi) is 2.94. The molecule has 2 N–H and O–H groups in total. The number of fused-ring (bicyclic) bond motifs is 3. The molecule has 3 rings (SSSR count). The number of carboxylic acids is 1. The van der Waals surface area contributed by atoms with Gasteiger partial charge in [-0.05, 0) is 55.1 Å². The van der Waals surface area contributed by atoms with E-state index in [2.05, 4.69) is 25.1 Å². The molecule has 0 heterocycles. The topological polar surface area (TPSA) is 57.5 Å². The fraction of sp³-hybridized carbons (Fsp3) is 0.588. The first-order chi connectivity index (χ1) is 9.40. The highest BCUT2D eigenvalue weighted by molar-refractivity contribution is 5.76. The molecule has 1 fully saturated rings. The number of aliphatic hydroxyl groups is 1. The molecule has 2 aliphatic rings. The van der Waals surface area contributed by atoms with Crippen molar-refractivity contribution in [3.8, 4) is 0 Å². The highest BCUT2D eigenvalue weighted by Crippen LogP contribution is 2.57. The van der Waals surface area contributed by atoms with Gasteiger partial charge in [0.1, 0.15) is 0 Å². The lowest BCUT2D eigenvalue weighted by atomic mass is 9.49. The van der Waals surface area contributed by atoms with E-state index in [-0.39, 0.29) is 11.3 Å². The molecule has 0 aliphatic heterocycles. The van der Waals surface area contributed by atoms with Crippen molar-refractivity contribution in [1.82, 2.24) is 0 Å². The molecule has 1 saturated carbocycles. The van der Waals surface area contributed by atoms with E-state index in [1.807, 2.05) is 6.07 Å². The molecule has 0 bridgehead atoms. The van der Waals surface area contributed by atoms with Crippen LogP contribution in [0.2, 0.25) is 0 Å². The van der Waals surface area contributed by atoms with E-state index >= 15 is 0 Å². The van der Waals surface area contributed by atoms with Crippen LogP contribution in [0.15, 0.2) is 24.3 Å². The van der Waals surface area contributed by atoms with Crippen LogP contribution in [-0.4, -0.2) is 22.3 Å². The van der Waals surface area contributed by atoms with Gasteiger partial charge in [-0.15, -0.1) is 0 Å². The van der Waals surface area contributed by atoms with Crippen LogP contribution in [0, 0.1) is 11.3 Å². The van der Waals surface area contributed by atoms with Crippen LogP contribution in [0.25, 0.3) is 0 Å². The average molecular weight is 274 g/mol. The first-order valence-corrected chi connectivity index (χ1v) is 7.40. The summed E-state index contributed by atoms with van der Waals surface area (Å²) in [6.07, 6.45) is 2.42. The van der Waals surface area contributed by atoms with Crippen molar-refractivity contribution in [1.29, 1.82) is 0 Å². The largest absolute Gasteiger partial charge is 0.481 e. The standard InChI is InChI=1S/C17H22O3/c1-16-10-9-14(18)17(2,15(19)20)13(16)8-7-11-5-3-4-6-12(11)16/h3-6,13-14,18H,7-10H2,1-2H3,(H,19,20). The molecule has 4 unspecified atom stereocenters. The summed E-state index contributed by atoms with van der Waals surface area (Å²) in [5.41, 5.74) is 1.45. The predicted octanol–water partition coefficient (Wildman–Crippen LogP) is 2.75. The van der Waals surface area contributed by atoms with Crippen molar-refractivity contribution in [3.05, 3.63) is 35.4 Å². The van der Waals surface area contributed by atoms with Gasteiger partial charge < -0.3 is 10.2 Å². The van der Waals surface area contributed by atoms with E-state index in [0.29, 0.717) is 6.42 Å². The normalized spacial score (nSPS) is 39.8. The number of benzene rings is 1. The quantitative estimate of drug-likeness (QED) is 0.828. The van der Waals surface area contributed by atoms with Gasteiger partial charge in [-0.25, -0.2) is 0 Å². The summed E-state index contributed by atoms with van der Waals surface area (Å²) in [4.78, 5) is 11.8. The lowest BCUT2D eigenvalue weighted by Gasteiger charge is -2.55. The molecule has 2 aliphatic carbocycles. The van der Waals surface area contributed by atoms with Crippen molar-refractivity contribution in [2.45, 2.75) is 51.0 Å². The zero-order valence-electron chi connectivity index (χ0n) is 12.1. The molecule has 0 radical (unpaired) electrons. The maximum atomic E-state index is 11.8. The summed E-state index contributed by atoms with van der Waals surface area (Å²) in [7, 11) is 0. The van der Waals surface area contributed by atoms with E-state index in [1.54, 1.807) is 6.92 Å². The van der Waals surface area contributed by atoms with Crippen LogP contribution in [0.4, 0.5) is 0 Å². The Morgan fingerprint density at radius 2 is 1.95 bits per heavy atom. The summed E-state index contributed by atoms with van der Waals surface area (Å²) < 4.78 is 0. The third-order valence-electron chi connectivity index (χ3n) is 5.92. The molecule has 20 heavy (non-hydrogen) atoms. The van der Waals surface area contributed by atoms with Gasteiger partial charge in [0.25, 0.3) is 0 Å². The Labute approximate surface area is 119 Å². The first kappa shape index (κ1) is 13.6. The number of carboxylic acid groups (broad SMARTS) is 1. The molecule has 108 valence electrons. The van der Waals surface area contributed by atoms with Gasteiger partial charge in [0, 0.05) is 0 Å². The molecular weight excluding hydrogens is 252 g/mol. The van der Waals surface area contributed by atoms with Crippen LogP contribution < -0.4 is 0 Å². The maximum Gasteiger partial charge on any atom is 0.312 e. The van der Waals surface area contributed by atoms with Gasteiger partial charge in [0.15, 0.2) is 0 Å². The fourth-order valence-electron chi connectivity index (χ4n) is 4.63. The third-order valence-corrected chi connectivity index (χ3v) is 5.92. The summed E-state index contributed by atoms with van der Waals surface area (Å²) in [5.74, 6) is -0.869. The number of aliphatic hydroxyl groups excluding tert-OH is 1. The zero-order valence-corrected chi connectivity index (χ0v) is 12.1. The minimum Gasteiger partial charge on any atom is -0.481 e. The van der Waals surface area contributed by atoms with Crippen molar-refractivity contribution in [2.24, 2.45) is 11.3 Å². The number of hydrogen-bond donors (Lipinski definition) is 2. The molecule has 3 heteroatoms. The number of carbonyl (C=O) groups is 1. The van der Waals surface area contributed by atoms with Crippen molar-refractivity contribution in [3.63, 3.8) is 0 Å². The molecule has 1 aromatic rings. The Morgan fingerprint density at radius 1 is 1.25 bits per heavy atom. The summed E-state index contributed by atoms with van der Waals surface area (Å²) >= 11 is 0. The van der Waals surface area contributed by atoms with E-state index in [0.717, 1.165) is 19.3 Å². The SMILES string of the molecule is CC12CCC(O)C(C)(C(=O)O)C1CCc1ccccc12. The minimum atomic E-state index is -1.04. The Bertz CT molecular complexity index is 553.